The normalized spacial score (nSPS) is 18.0. The largest absolute Gasteiger partial charge is 0.492 e. The number of halogens is 2. The van der Waals surface area contributed by atoms with Crippen molar-refractivity contribution < 1.29 is 5.11 Å². The van der Waals surface area contributed by atoms with Gasteiger partial charge in [0.15, 0.2) is 0 Å². The highest BCUT2D eigenvalue weighted by Crippen LogP contribution is 2.44. The van der Waals surface area contributed by atoms with Gasteiger partial charge in [0.25, 0.3) is 0 Å². The summed E-state index contributed by atoms with van der Waals surface area (Å²) in [5.41, 5.74) is 0.815. The molecule has 9 heteroatoms. The molecule has 0 aliphatic carbocycles. The first kappa shape index (κ1) is 17.1. The minimum Gasteiger partial charge on any atom is -0.492 e. The number of likely N-dealkylation sites (N-methyl/N-ethyl adjacent to an activating group) is 1. The van der Waals surface area contributed by atoms with E-state index in [9.17, 15) is 5.11 Å². The molecule has 0 amide bonds. The highest BCUT2D eigenvalue weighted by atomic mass is 35.5. The summed E-state index contributed by atoms with van der Waals surface area (Å²) in [6.45, 7) is 3.60. The molecule has 1 N–H and O–H groups in total. The topological polar surface area (TPSA) is 56.9 Å². The summed E-state index contributed by atoms with van der Waals surface area (Å²) in [6.07, 6.45) is 1.43. The Balaban J connectivity index is 1.86. The van der Waals surface area contributed by atoms with Gasteiger partial charge in [0.1, 0.15) is 6.33 Å². The first-order valence-corrected chi connectivity index (χ1v) is 9.51. The lowest BCUT2D eigenvalue weighted by atomic mass is 10.0. The molecule has 25 heavy (non-hydrogen) atoms. The minimum absolute atomic E-state index is 0.0948. The second-order valence-electron chi connectivity index (χ2n) is 6.12. The van der Waals surface area contributed by atoms with Gasteiger partial charge in [-0.3, -0.25) is 4.90 Å². The number of thiazole rings is 1. The Bertz CT molecular complexity index is 883. The molecule has 0 saturated carbocycles. The van der Waals surface area contributed by atoms with Crippen LogP contribution in [0.2, 0.25) is 10.0 Å². The van der Waals surface area contributed by atoms with Gasteiger partial charge in [-0.1, -0.05) is 40.6 Å². The van der Waals surface area contributed by atoms with Crippen molar-refractivity contribution in [3.63, 3.8) is 0 Å². The highest BCUT2D eigenvalue weighted by Gasteiger charge is 2.33. The molecule has 1 unspecified atom stereocenters. The van der Waals surface area contributed by atoms with E-state index in [2.05, 4.69) is 26.9 Å². The fraction of sp³-hybridized carbons (Fsp3) is 0.375. The van der Waals surface area contributed by atoms with E-state index in [1.165, 1.54) is 22.2 Å². The summed E-state index contributed by atoms with van der Waals surface area (Å²) in [4.78, 5) is 10.2. The van der Waals surface area contributed by atoms with E-state index in [4.69, 9.17) is 23.2 Å². The number of fused-ring (bicyclic) bond motifs is 1. The first-order valence-electron chi connectivity index (χ1n) is 7.94. The van der Waals surface area contributed by atoms with Crippen LogP contribution in [0.3, 0.4) is 0 Å². The lowest BCUT2D eigenvalue weighted by molar-refractivity contribution is 0.127. The van der Waals surface area contributed by atoms with E-state index in [1.807, 2.05) is 18.2 Å². The average molecular weight is 398 g/mol. The van der Waals surface area contributed by atoms with Crippen LogP contribution in [0.15, 0.2) is 24.5 Å². The predicted molar refractivity (Wildman–Crippen MR) is 99.9 cm³/mol. The van der Waals surface area contributed by atoms with Crippen LogP contribution in [0.25, 0.3) is 4.96 Å². The van der Waals surface area contributed by atoms with Crippen LogP contribution in [0.1, 0.15) is 16.5 Å². The Morgan fingerprint density at radius 1 is 1.16 bits per heavy atom. The molecule has 0 radical (unpaired) electrons. The SMILES string of the molecule is CN1CCN(C(c2sc3ncnn3c2O)c2c(Cl)cccc2Cl)CC1. The Labute approximate surface area is 159 Å². The molecule has 132 valence electrons. The molecule has 1 saturated heterocycles. The monoisotopic (exact) mass is 397 g/mol. The maximum absolute atomic E-state index is 10.7. The molecule has 0 spiro atoms. The maximum atomic E-state index is 10.7. The van der Waals surface area contributed by atoms with Gasteiger partial charge < -0.3 is 10.0 Å². The molecule has 0 bridgehead atoms. The van der Waals surface area contributed by atoms with Crippen molar-refractivity contribution >= 4 is 39.5 Å². The van der Waals surface area contributed by atoms with Crippen molar-refractivity contribution in [3.8, 4) is 5.88 Å². The molecule has 2 aromatic heterocycles. The van der Waals surface area contributed by atoms with Crippen LogP contribution >= 0.6 is 34.5 Å². The Morgan fingerprint density at radius 2 is 1.84 bits per heavy atom. The van der Waals surface area contributed by atoms with Crippen LogP contribution < -0.4 is 0 Å². The van der Waals surface area contributed by atoms with Crippen molar-refractivity contribution in [2.75, 3.05) is 33.2 Å². The van der Waals surface area contributed by atoms with Crippen molar-refractivity contribution in [1.29, 1.82) is 0 Å². The molecule has 1 aromatic carbocycles. The molecule has 4 rings (SSSR count). The zero-order valence-corrected chi connectivity index (χ0v) is 15.9. The number of hydrogen-bond acceptors (Lipinski definition) is 6. The van der Waals surface area contributed by atoms with E-state index in [-0.39, 0.29) is 11.9 Å². The smallest absolute Gasteiger partial charge is 0.230 e. The number of hydrogen-bond donors (Lipinski definition) is 1. The quantitative estimate of drug-likeness (QED) is 0.735. The molecule has 6 nitrogen and oxygen atoms in total. The van der Waals surface area contributed by atoms with E-state index in [0.717, 1.165) is 36.6 Å². The van der Waals surface area contributed by atoms with Crippen LogP contribution in [-0.4, -0.2) is 62.7 Å². The lowest BCUT2D eigenvalue weighted by Gasteiger charge is -2.38. The fourth-order valence-corrected chi connectivity index (χ4v) is 4.88. The zero-order valence-electron chi connectivity index (χ0n) is 13.6. The lowest BCUT2D eigenvalue weighted by Crippen LogP contribution is -2.46. The summed E-state index contributed by atoms with van der Waals surface area (Å²) in [5, 5.41) is 16.0. The van der Waals surface area contributed by atoms with Crippen molar-refractivity contribution in [2.24, 2.45) is 0 Å². The number of benzene rings is 1. The van der Waals surface area contributed by atoms with E-state index < -0.39 is 0 Å². The van der Waals surface area contributed by atoms with Gasteiger partial charge in [-0.05, 0) is 19.2 Å². The predicted octanol–water partition coefficient (Wildman–Crippen LogP) is 3.14. The second-order valence-corrected chi connectivity index (χ2v) is 7.94. The molecular formula is C16H17Cl2N5OS. The van der Waals surface area contributed by atoms with Gasteiger partial charge in [-0.15, -0.1) is 0 Å². The molecule has 1 aliphatic rings. The second kappa shape index (κ2) is 6.74. The third kappa shape index (κ3) is 3.00. The maximum Gasteiger partial charge on any atom is 0.230 e. The third-order valence-electron chi connectivity index (χ3n) is 4.56. The van der Waals surface area contributed by atoms with Crippen molar-refractivity contribution in [1.82, 2.24) is 24.4 Å². The summed E-state index contributed by atoms with van der Waals surface area (Å²) < 4.78 is 1.45. The third-order valence-corrected chi connectivity index (χ3v) is 6.31. The molecule has 1 aliphatic heterocycles. The first-order chi connectivity index (χ1) is 12.1. The Kier molecular flexibility index (Phi) is 4.59. The van der Waals surface area contributed by atoms with Crippen LogP contribution in [0.4, 0.5) is 0 Å². The molecule has 1 fully saturated rings. The summed E-state index contributed by atoms with van der Waals surface area (Å²) in [5.74, 6) is 0.0948. The molecule has 3 aromatic rings. The molecule has 3 heterocycles. The van der Waals surface area contributed by atoms with Crippen LogP contribution in [0.5, 0.6) is 5.88 Å². The Hall–Kier alpha value is -1.38. The number of aromatic hydroxyl groups is 1. The van der Waals surface area contributed by atoms with Gasteiger partial charge in [0.05, 0.1) is 10.9 Å². The number of aromatic nitrogens is 3. The van der Waals surface area contributed by atoms with Crippen molar-refractivity contribution in [2.45, 2.75) is 6.04 Å². The fourth-order valence-electron chi connectivity index (χ4n) is 3.20. The number of piperazine rings is 1. The van der Waals surface area contributed by atoms with Crippen LogP contribution in [-0.2, 0) is 0 Å². The van der Waals surface area contributed by atoms with Crippen molar-refractivity contribution in [3.05, 3.63) is 45.0 Å². The van der Waals surface area contributed by atoms with Gasteiger partial charge >= 0.3 is 0 Å². The van der Waals surface area contributed by atoms with Gasteiger partial charge in [-0.2, -0.15) is 9.61 Å². The van der Waals surface area contributed by atoms with Gasteiger partial charge in [0, 0.05) is 41.8 Å². The zero-order chi connectivity index (χ0) is 17.6. The Morgan fingerprint density at radius 3 is 2.48 bits per heavy atom. The van der Waals surface area contributed by atoms with Gasteiger partial charge in [-0.25, -0.2) is 4.98 Å². The van der Waals surface area contributed by atoms with E-state index in [1.54, 1.807) is 0 Å². The average Bonchev–Trinajstić information content (AvgIpc) is 3.16. The van der Waals surface area contributed by atoms with E-state index in [0.29, 0.717) is 15.0 Å². The standard InChI is InChI=1S/C16H17Cl2N5OS/c1-21-5-7-22(8-6-21)13(12-10(17)3-2-4-11(12)18)14-15(24)23-16(25-14)19-9-20-23/h2-4,9,13,24H,5-8H2,1H3. The number of nitrogens with zero attached hydrogens (tertiary/aromatic N) is 5. The summed E-state index contributed by atoms with van der Waals surface area (Å²) in [6, 6.07) is 5.26. The highest BCUT2D eigenvalue weighted by molar-refractivity contribution is 7.17. The molecule has 1 atom stereocenters. The number of rotatable bonds is 3. The molecular weight excluding hydrogens is 381 g/mol. The summed E-state index contributed by atoms with van der Waals surface area (Å²) in [7, 11) is 2.11. The summed E-state index contributed by atoms with van der Waals surface area (Å²) >= 11 is 14.4. The minimum atomic E-state index is -0.233. The van der Waals surface area contributed by atoms with Crippen LogP contribution in [0, 0.1) is 0 Å². The van der Waals surface area contributed by atoms with E-state index >= 15 is 0 Å². The van der Waals surface area contributed by atoms with Gasteiger partial charge in [0.2, 0.25) is 10.8 Å².